The van der Waals surface area contributed by atoms with Gasteiger partial charge in [0.05, 0.1) is 35.7 Å². The van der Waals surface area contributed by atoms with Crippen molar-refractivity contribution in [3.05, 3.63) is 120 Å². The lowest BCUT2D eigenvalue weighted by atomic mass is 10.0. The van der Waals surface area contributed by atoms with Gasteiger partial charge in [-0.25, -0.2) is 18.7 Å². The number of carbonyl (C=O) groups is 1. The minimum absolute atomic E-state index is 0.0185. The Morgan fingerprint density at radius 3 is 2.27 bits per heavy atom. The van der Waals surface area contributed by atoms with E-state index in [-0.39, 0.29) is 57.9 Å². The first-order valence-electron chi connectivity index (χ1n) is 16.9. The highest BCUT2D eigenvalue weighted by atomic mass is 35.5. The Labute approximate surface area is 307 Å². The van der Waals surface area contributed by atoms with E-state index in [1.54, 1.807) is 6.07 Å². The largest absolute Gasteiger partial charge is 0.533 e. The number of amides is 1. The Bertz CT molecular complexity index is 2140. The first kappa shape index (κ1) is 36.6. The van der Waals surface area contributed by atoms with Crippen LogP contribution in [0, 0.1) is 23.0 Å². The van der Waals surface area contributed by atoms with Gasteiger partial charge in [0.1, 0.15) is 29.2 Å². The van der Waals surface area contributed by atoms with Crippen molar-refractivity contribution in [1.82, 2.24) is 14.9 Å². The van der Waals surface area contributed by atoms with Gasteiger partial charge in [0, 0.05) is 36.2 Å². The number of fused-ring (bicyclic) bond motifs is 1. The van der Waals surface area contributed by atoms with Crippen molar-refractivity contribution in [3.8, 4) is 22.9 Å². The number of rotatable bonds is 9. The molecule has 1 aliphatic rings. The summed E-state index contributed by atoms with van der Waals surface area (Å²) in [5.41, 5.74) is -0.361. The summed E-state index contributed by atoms with van der Waals surface area (Å²) in [6.45, 7) is 10.1. The van der Waals surface area contributed by atoms with E-state index in [1.165, 1.54) is 29.4 Å². The lowest BCUT2D eigenvalue weighted by Crippen LogP contribution is -2.68. The molecule has 0 unspecified atom stereocenters. The second kappa shape index (κ2) is 14.8. The monoisotopic (exact) mass is 737 g/mol. The molecule has 0 aliphatic carbocycles. The number of piperazine rings is 1. The van der Waals surface area contributed by atoms with Crippen molar-refractivity contribution in [2.45, 2.75) is 38.3 Å². The highest BCUT2D eigenvalue weighted by molar-refractivity contribution is 7.00. The SMILES string of the molecule is C=C(CO)C(=O)N1CCN(c2ncnc3c(F)c(-c4c(F)cccc4O[Si](c4ccccc4)(c4ccccc4)C(C)(C)C)c(Cl)cc23)C[C@@H]1CC#N. The van der Waals surface area contributed by atoms with Crippen molar-refractivity contribution < 1.29 is 23.1 Å². The molecule has 266 valence electrons. The number of anilines is 1. The Balaban J connectivity index is 1.48. The summed E-state index contributed by atoms with van der Waals surface area (Å²) in [5, 5.41) is 20.7. The average Bonchev–Trinajstić information content (AvgIpc) is 3.14. The summed E-state index contributed by atoms with van der Waals surface area (Å²) in [4.78, 5) is 25.0. The van der Waals surface area contributed by atoms with Gasteiger partial charge < -0.3 is 19.3 Å². The van der Waals surface area contributed by atoms with Gasteiger partial charge in [-0.05, 0) is 33.6 Å². The molecular weight excluding hydrogens is 700 g/mol. The van der Waals surface area contributed by atoms with Crippen LogP contribution in [0.4, 0.5) is 14.6 Å². The molecule has 1 aromatic heterocycles. The first-order chi connectivity index (χ1) is 24.9. The van der Waals surface area contributed by atoms with Crippen LogP contribution in [0.3, 0.4) is 0 Å². The molecule has 1 aliphatic heterocycles. The lowest BCUT2D eigenvalue weighted by Gasteiger charge is -2.43. The summed E-state index contributed by atoms with van der Waals surface area (Å²) in [5.74, 6) is -1.49. The number of nitriles is 1. The van der Waals surface area contributed by atoms with Gasteiger partial charge >= 0.3 is 8.32 Å². The molecule has 1 fully saturated rings. The second-order valence-corrected chi connectivity index (χ2v) is 18.4. The fraction of sp³-hybridized carbons (Fsp3) is 0.250. The zero-order valence-corrected chi connectivity index (χ0v) is 30.9. The molecule has 5 aromatic rings. The van der Waals surface area contributed by atoms with Crippen LogP contribution in [0.1, 0.15) is 27.2 Å². The molecule has 8 nitrogen and oxygen atoms in total. The molecule has 4 aromatic carbocycles. The molecule has 2 heterocycles. The number of benzene rings is 4. The molecule has 1 atom stereocenters. The number of halogens is 3. The molecule has 12 heteroatoms. The minimum atomic E-state index is -3.27. The second-order valence-electron chi connectivity index (χ2n) is 13.7. The third-order valence-electron chi connectivity index (χ3n) is 9.57. The predicted molar refractivity (Wildman–Crippen MR) is 202 cm³/mol. The molecule has 1 N–H and O–H groups in total. The number of aliphatic hydroxyl groups excluding tert-OH is 1. The van der Waals surface area contributed by atoms with Crippen LogP contribution in [-0.4, -0.2) is 66.5 Å². The summed E-state index contributed by atoms with van der Waals surface area (Å²) in [6, 6.07) is 27.3. The van der Waals surface area contributed by atoms with Crippen LogP contribution >= 0.6 is 11.6 Å². The maximum atomic E-state index is 17.0. The number of hydrogen-bond acceptors (Lipinski definition) is 7. The van der Waals surface area contributed by atoms with E-state index in [4.69, 9.17) is 16.0 Å². The van der Waals surface area contributed by atoms with Crippen molar-refractivity contribution >= 4 is 52.9 Å². The minimum Gasteiger partial charge on any atom is -0.533 e. The van der Waals surface area contributed by atoms with Crippen LogP contribution in [0.5, 0.6) is 5.75 Å². The number of hydrogen-bond donors (Lipinski definition) is 1. The van der Waals surface area contributed by atoms with Crippen molar-refractivity contribution in [2.24, 2.45) is 0 Å². The summed E-state index contributed by atoms with van der Waals surface area (Å²) in [7, 11) is -3.27. The fourth-order valence-electron chi connectivity index (χ4n) is 7.11. The van der Waals surface area contributed by atoms with Crippen molar-refractivity contribution in [3.63, 3.8) is 0 Å². The van der Waals surface area contributed by atoms with Gasteiger partial charge in [0.15, 0.2) is 5.82 Å². The third kappa shape index (κ3) is 6.54. The van der Waals surface area contributed by atoms with Gasteiger partial charge in [-0.3, -0.25) is 4.79 Å². The third-order valence-corrected chi connectivity index (χ3v) is 14.8. The molecule has 1 saturated heterocycles. The smallest absolute Gasteiger partial charge is 0.319 e. The number of aliphatic hydroxyl groups is 1. The molecular formula is C40H38ClF2N5O3Si. The Morgan fingerprint density at radius 2 is 1.67 bits per heavy atom. The zero-order valence-electron chi connectivity index (χ0n) is 29.1. The quantitative estimate of drug-likeness (QED) is 0.134. The summed E-state index contributed by atoms with van der Waals surface area (Å²) >= 11 is 6.93. The van der Waals surface area contributed by atoms with Crippen molar-refractivity contribution in [1.29, 1.82) is 5.26 Å². The first-order valence-corrected chi connectivity index (χ1v) is 19.1. The molecule has 0 spiro atoms. The van der Waals surface area contributed by atoms with E-state index < -0.39 is 43.5 Å². The summed E-state index contributed by atoms with van der Waals surface area (Å²) in [6.07, 6.45) is 1.24. The van der Waals surface area contributed by atoms with Crippen LogP contribution in [0.15, 0.2) is 103 Å². The average molecular weight is 738 g/mol. The molecule has 0 bridgehead atoms. The van der Waals surface area contributed by atoms with Crippen LogP contribution in [0.25, 0.3) is 22.0 Å². The fourth-order valence-corrected chi connectivity index (χ4v) is 11.8. The highest BCUT2D eigenvalue weighted by Gasteiger charge is 2.52. The van der Waals surface area contributed by atoms with Gasteiger partial charge in [-0.15, -0.1) is 0 Å². The number of nitrogens with zero attached hydrogens (tertiary/aromatic N) is 5. The van der Waals surface area contributed by atoms with Gasteiger partial charge in [0.25, 0.3) is 5.91 Å². The van der Waals surface area contributed by atoms with Crippen LogP contribution in [-0.2, 0) is 4.79 Å². The zero-order chi connectivity index (χ0) is 37.2. The molecule has 0 saturated carbocycles. The van der Waals surface area contributed by atoms with Gasteiger partial charge in [-0.2, -0.15) is 5.26 Å². The van der Waals surface area contributed by atoms with Gasteiger partial charge in [0.2, 0.25) is 0 Å². The molecule has 0 radical (unpaired) electrons. The maximum Gasteiger partial charge on any atom is 0.319 e. The van der Waals surface area contributed by atoms with E-state index in [0.717, 1.165) is 10.4 Å². The van der Waals surface area contributed by atoms with Crippen molar-refractivity contribution in [2.75, 3.05) is 31.1 Å². The Morgan fingerprint density at radius 1 is 1.02 bits per heavy atom. The number of aromatic nitrogens is 2. The topological polar surface area (TPSA) is 103 Å². The Hall–Kier alpha value is -5.15. The van der Waals surface area contributed by atoms with E-state index in [0.29, 0.717) is 12.4 Å². The van der Waals surface area contributed by atoms with E-state index in [1.807, 2.05) is 65.6 Å². The summed E-state index contributed by atoms with van der Waals surface area (Å²) < 4.78 is 40.4. The standard InChI is InChI=1S/C40H38ClF2N5O3Si/c1-26(24-49)39(50)48-21-20-47(23-27(48)18-19-44)38-30-22-31(41)34(36(43)37(30)45-25-46-38)35-32(42)16-11-17-33(35)51-52(40(2,3)4,28-12-7-5-8-13-28)29-14-9-6-10-15-29/h5-17,22,25,27,49H,1,18,20-21,23-24H2,2-4H3/t27-/m0/s1. The lowest BCUT2D eigenvalue weighted by molar-refractivity contribution is -0.130. The van der Waals surface area contributed by atoms with E-state index in [2.05, 4.69) is 43.4 Å². The van der Waals surface area contributed by atoms with E-state index >= 15 is 8.78 Å². The van der Waals surface area contributed by atoms with Crippen LogP contribution in [0.2, 0.25) is 10.1 Å². The normalized spacial score (nSPS) is 15.0. The predicted octanol–water partition coefficient (Wildman–Crippen LogP) is 6.65. The van der Waals surface area contributed by atoms with Crippen LogP contribution < -0.4 is 19.7 Å². The molecule has 1 amide bonds. The molecule has 52 heavy (non-hydrogen) atoms. The van der Waals surface area contributed by atoms with E-state index in [9.17, 15) is 15.2 Å². The molecule has 6 rings (SSSR count). The highest BCUT2D eigenvalue weighted by Crippen LogP contribution is 2.45. The maximum absolute atomic E-state index is 17.0. The van der Waals surface area contributed by atoms with Gasteiger partial charge in [-0.1, -0.05) is 106 Å². The number of carbonyl (C=O) groups excluding carboxylic acids is 1. The Kier molecular flexibility index (Phi) is 10.4.